The topological polar surface area (TPSA) is 43.8 Å². The summed E-state index contributed by atoms with van der Waals surface area (Å²) in [6.45, 7) is -0.640. The van der Waals surface area contributed by atoms with E-state index >= 15 is 0 Å². The molecule has 1 fully saturated rings. The first-order valence-electron chi connectivity index (χ1n) is 6.33. The Morgan fingerprint density at radius 1 is 1.19 bits per heavy atom. The van der Waals surface area contributed by atoms with Crippen LogP contribution in [0.15, 0.2) is 18.2 Å². The summed E-state index contributed by atoms with van der Waals surface area (Å²) in [5.74, 6) is -1.59. The number of nitrogens with zero attached hydrogens (tertiary/aromatic N) is 2. The Labute approximate surface area is 118 Å². The van der Waals surface area contributed by atoms with Crippen molar-refractivity contribution in [1.82, 2.24) is 9.80 Å². The number of carbonyl (C=O) groups excluding carboxylic acids is 1. The third-order valence-corrected chi connectivity index (χ3v) is 3.25. The van der Waals surface area contributed by atoms with Crippen molar-refractivity contribution in [3.05, 3.63) is 29.6 Å². The fourth-order valence-electron chi connectivity index (χ4n) is 2.21. The van der Waals surface area contributed by atoms with E-state index in [0.717, 1.165) is 18.2 Å². The van der Waals surface area contributed by atoms with Gasteiger partial charge in [0.1, 0.15) is 11.6 Å². The molecule has 0 saturated carbocycles. The summed E-state index contributed by atoms with van der Waals surface area (Å²) in [4.78, 5) is 14.6. The second-order valence-corrected chi connectivity index (χ2v) is 4.84. The highest BCUT2D eigenvalue weighted by Gasteiger charge is 2.33. The summed E-state index contributed by atoms with van der Waals surface area (Å²) >= 11 is 0. The van der Waals surface area contributed by atoms with Gasteiger partial charge in [0.05, 0.1) is 12.1 Å². The lowest BCUT2D eigenvalue weighted by Gasteiger charge is -2.35. The van der Waals surface area contributed by atoms with E-state index in [4.69, 9.17) is 0 Å². The van der Waals surface area contributed by atoms with Crippen LogP contribution in [0, 0.1) is 5.82 Å². The number of phenolic OH excluding ortho intramolecular Hbond substituents is 1. The van der Waals surface area contributed by atoms with Crippen LogP contribution in [0.25, 0.3) is 0 Å². The molecule has 0 spiro atoms. The van der Waals surface area contributed by atoms with Crippen molar-refractivity contribution < 1.29 is 27.5 Å². The molecule has 1 amide bonds. The van der Waals surface area contributed by atoms with E-state index in [1.165, 1.54) is 9.80 Å². The lowest BCUT2D eigenvalue weighted by Crippen LogP contribution is -2.50. The maximum Gasteiger partial charge on any atom is 0.401 e. The highest BCUT2D eigenvalue weighted by Crippen LogP contribution is 2.22. The molecule has 1 N–H and O–H groups in total. The Balaban J connectivity index is 1.99. The van der Waals surface area contributed by atoms with Crippen molar-refractivity contribution in [2.24, 2.45) is 0 Å². The molecule has 1 aliphatic heterocycles. The van der Waals surface area contributed by atoms with E-state index in [1.54, 1.807) is 0 Å². The van der Waals surface area contributed by atoms with Crippen LogP contribution in [0.3, 0.4) is 0 Å². The average molecular weight is 306 g/mol. The van der Waals surface area contributed by atoms with Gasteiger partial charge in [-0.25, -0.2) is 4.39 Å². The smallest absolute Gasteiger partial charge is 0.401 e. The van der Waals surface area contributed by atoms with Crippen LogP contribution in [0.5, 0.6) is 5.75 Å². The first-order chi connectivity index (χ1) is 9.76. The number of halogens is 4. The van der Waals surface area contributed by atoms with Gasteiger partial charge in [-0.1, -0.05) is 0 Å². The molecule has 1 heterocycles. The standard InChI is InChI=1S/C13H14F4N2O2/c14-9-1-2-11(20)10(7-9)12(21)19-5-3-18(4-6-19)8-13(15,16)17/h1-2,7,20H,3-6,8H2. The van der Waals surface area contributed by atoms with Crippen molar-refractivity contribution in [2.75, 3.05) is 32.7 Å². The van der Waals surface area contributed by atoms with Crippen LogP contribution >= 0.6 is 0 Å². The molecule has 0 aromatic heterocycles. The minimum absolute atomic E-state index is 0.0847. The number of hydrogen-bond acceptors (Lipinski definition) is 3. The van der Waals surface area contributed by atoms with E-state index in [1.807, 2.05) is 0 Å². The largest absolute Gasteiger partial charge is 0.507 e. The van der Waals surface area contributed by atoms with E-state index in [9.17, 15) is 27.5 Å². The van der Waals surface area contributed by atoms with Crippen LogP contribution in [-0.4, -0.2) is 59.7 Å². The number of aromatic hydroxyl groups is 1. The summed E-state index contributed by atoms with van der Waals surface area (Å²) in [6, 6.07) is 3.01. The number of alkyl halides is 3. The Bertz CT molecular complexity index is 525. The van der Waals surface area contributed by atoms with E-state index in [2.05, 4.69) is 0 Å². The normalized spacial score (nSPS) is 17.0. The van der Waals surface area contributed by atoms with E-state index < -0.39 is 24.4 Å². The Kier molecular flexibility index (Phi) is 4.36. The zero-order valence-electron chi connectivity index (χ0n) is 11.0. The van der Waals surface area contributed by atoms with Gasteiger partial charge in [-0.05, 0) is 18.2 Å². The molecule has 1 saturated heterocycles. The van der Waals surface area contributed by atoms with Crippen molar-refractivity contribution in [2.45, 2.75) is 6.18 Å². The van der Waals surface area contributed by atoms with Crippen molar-refractivity contribution in [3.63, 3.8) is 0 Å². The second kappa shape index (κ2) is 5.88. The third kappa shape index (κ3) is 4.07. The summed E-state index contributed by atoms with van der Waals surface area (Å²) in [5.41, 5.74) is -0.181. The van der Waals surface area contributed by atoms with Crippen molar-refractivity contribution in [1.29, 1.82) is 0 Å². The monoisotopic (exact) mass is 306 g/mol. The van der Waals surface area contributed by atoms with Crippen LogP contribution in [-0.2, 0) is 0 Å². The maximum absolute atomic E-state index is 13.1. The number of hydrogen-bond donors (Lipinski definition) is 1. The van der Waals surface area contributed by atoms with Crippen LogP contribution < -0.4 is 0 Å². The van der Waals surface area contributed by atoms with Gasteiger partial charge in [-0.3, -0.25) is 9.69 Å². The second-order valence-electron chi connectivity index (χ2n) is 4.84. The van der Waals surface area contributed by atoms with Crippen LogP contribution in [0.2, 0.25) is 0 Å². The number of rotatable bonds is 2. The molecule has 1 aliphatic rings. The van der Waals surface area contributed by atoms with Crippen LogP contribution in [0.4, 0.5) is 17.6 Å². The summed E-state index contributed by atoms with van der Waals surface area (Å²) in [6.07, 6.45) is -4.27. The minimum atomic E-state index is -4.27. The maximum atomic E-state index is 13.1. The quantitative estimate of drug-likeness (QED) is 0.848. The summed E-state index contributed by atoms with van der Waals surface area (Å²) < 4.78 is 49.9. The molecule has 0 bridgehead atoms. The number of amides is 1. The predicted octanol–water partition coefficient (Wildman–Crippen LogP) is 1.85. The molecule has 0 aliphatic carbocycles. The van der Waals surface area contributed by atoms with E-state index in [-0.39, 0.29) is 37.5 Å². The Morgan fingerprint density at radius 2 is 1.81 bits per heavy atom. The molecule has 116 valence electrons. The molecule has 1 aromatic rings. The summed E-state index contributed by atoms with van der Waals surface area (Å²) in [7, 11) is 0. The highest BCUT2D eigenvalue weighted by atomic mass is 19.4. The number of piperazine rings is 1. The predicted molar refractivity (Wildman–Crippen MR) is 66.5 cm³/mol. The number of carbonyl (C=O) groups is 1. The Morgan fingerprint density at radius 3 is 2.38 bits per heavy atom. The average Bonchev–Trinajstić information content (AvgIpc) is 2.40. The first-order valence-corrected chi connectivity index (χ1v) is 6.33. The molecular formula is C13H14F4N2O2. The molecule has 21 heavy (non-hydrogen) atoms. The lowest BCUT2D eigenvalue weighted by molar-refractivity contribution is -0.148. The molecular weight excluding hydrogens is 292 g/mol. The SMILES string of the molecule is O=C(c1cc(F)ccc1O)N1CCN(CC(F)(F)F)CC1. The van der Waals surface area contributed by atoms with Gasteiger partial charge in [0.25, 0.3) is 5.91 Å². The number of benzene rings is 1. The van der Waals surface area contributed by atoms with Gasteiger partial charge < -0.3 is 10.0 Å². The zero-order chi connectivity index (χ0) is 15.6. The van der Waals surface area contributed by atoms with Crippen molar-refractivity contribution >= 4 is 5.91 Å². The van der Waals surface area contributed by atoms with Crippen molar-refractivity contribution in [3.8, 4) is 5.75 Å². The van der Waals surface area contributed by atoms with Gasteiger partial charge >= 0.3 is 6.18 Å². The first kappa shape index (κ1) is 15.6. The molecule has 0 radical (unpaired) electrons. The van der Waals surface area contributed by atoms with E-state index in [0.29, 0.717) is 0 Å². The van der Waals surface area contributed by atoms with Gasteiger partial charge in [0, 0.05) is 26.2 Å². The summed E-state index contributed by atoms with van der Waals surface area (Å²) in [5, 5.41) is 9.57. The fraction of sp³-hybridized carbons (Fsp3) is 0.462. The number of phenols is 1. The van der Waals surface area contributed by atoms with Crippen LogP contribution in [0.1, 0.15) is 10.4 Å². The highest BCUT2D eigenvalue weighted by molar-refractivity contribution is 5.96. The Hall–Kier alpha value is -1.83. The molecule has 0 unspecified atom stereocenters. The van der Waals surface area contributed by atoms with Gasteiger partial charge in [0.2, 0.25) is 0 Å². The fourth-order valence-corrected chi connectivity index (χ4v) is 2.21. The zero-order valence-corrected chi connectivity index (χ0v) is 11.0. The molecule has 8 heteroatoms. The molecule has 1 aromatic carbocycles. The molecule has 4 nitrogen and oxygen atoms in total. The lowest BCUT2D eigenvalue weighted by atomic mass is 10.1. The van der Waals surface area contributed by atoms with Gasteiger partial charge in [-0.15, -0.1) is 0 Å². The molecule has 0 atom stereocenters. The van der Waals surface area contributed by atoms with Gasteiger partial charge in [0.15, 0.2) is 0 Å². The van der Waals surface area contributed by atoms with Gasteiger partial charge in [-0.2, -0.15) is 13.2 Å². The molecule has 2 rings (SSSR count). The third-order valence-electron chi connectivity index (χ3n) is 3.25. The minimum Gasteiger partial charge on any atom is -0.507 e.